The van der Waals surface area contributed by atoms with Crippen molar-refractivity contribution in [2.24, 2.45) is 0 Å². The van der Waals surface area contributed by atoms with Crippen LogP contribution in [0.3, 0.4) is 0 Å². The van der Waals surface area contributed by atoms with E-state index in [0.717, 1.165) is 16.0 Å². The van der Waals surface area contributed by atoms with Crippen LogP contribution in [0.5, 0.6) is 0 Å². The van der Waals surface area contributed by atoms with Crippen LogP contribution in [0, 0.1) is 5.82 Å². The van der Waals surface area contributed by atoms with Crippen molar-refractivity contribution in [3.05, 3.63) is 41.7 Å². The smallest absolute Gasteiger partial charge is 0.408 e. The average molecular weight is 307 g/mol. The van der Waals surface area contributed by atoms with Gasteiger partial charge in [-0.15, -0.1) is 0 Å². The van der Waals surface area contributed by atoms with Gasteiger partial charge in [-0.1, -0.05) is 18.2 Å². The van der Waals surface area contributed by atoms with E-state index in [1.54, 1.807) is 25.1 Å². The Labute approximate surface area is 127 Å². The highest BCUT2D eigenvalue weighted by atomic mass is 19.1. The molecule has 1 aromatic carbocycles. The molecule has 0 aliphatic carbocycles. The lowest BCUT2D eigenvalue weighted by molar-refractivity contribution is -0.148. The normalized spacial score (nSPS) is 21.9. The van der Waals surface area contributed by atoms with E-state index in [4.69, 9.17) is 0 Å². The zero-order valence-corrected chi connectivity index (χ0v) is 12.3. The number of rotatable bonds is 4. The van der Waals surface area contributed by atoms with Gasteiger partial charge in [0.15, 0.2) is 0 Å². The van der Waals surface area contributed by atoms with Crippen LogP contribution in [-0.2, 0) is 4.79 Å². The predicted octanol–water partition coefficient (Wildman–Crippen LogP) is 3.22. The topological polar surface area (TPSA) is 77.8 Å². The fourth-order valence-electron chi connectivity index (χ4n) is 2.83. The summed E-state index contributed by atoms with van der Waals surface area (Å²) in [7, 11) is 0. The Morgan fingerprint density at radius 1 is 1.32 bits per heavy atom. The van der Waals surface area contributed by atoms with Gasteiger partial charge in [0.1, 0.15) is 11.4 Å². The molecule has 6 heteroatoms. The molecule has 1 aromatic rings. The number of carboxylic acid groups (broad SMARTS) is 2. The molecular formula is C16H18FNO4. The van der Waals surface area contributed by atoms with Gasteiger partial charge >= 0.3 is 12.1 Å². The number of nitrogens with zero attached hydrogens (tertiary/aromatic N) is 1. The summed E-state index contributed by atoms with van der Waals surface area (Å²) >= 11 is 0. The Balaban J connectivity index is 2.25. The molecular weight excluding hydrogens is 289 g/mol. The second-order valence-corrected chi connectivity index (χ2v) is 5.47. The molecule has 5 nitrogen and oxygen atoms in total. The van der Waals surface area contributed by atoms with Gasteiger partial charge in [-0.05, 0) is 43.0 Å². The fraction of sp³-hybridized carbons (Fsp3) is 0.375. The van der Waals surface area contributed by atoms with Crippen LogP contribution in [0.2, 0.25) is 0 Å². The number of hydrogen-bond donors (Lipinski definition) is 2. The highest BCUT2D eigenvalue weighted by Gasteiger charge is 2.49. The van der Waals surface area contributed by atoms with E-state index in [9.17, 15) is 24.2 Å². The zero-order valence-electron chi connectivity index (χ0n) is 12.3. The first kappa shape index (κ1) is 16.0. The molecule has 1 amide bonds. The molecule has 22 heavy (non-hydrogen) atoms. The number of likely N-dealkylation sites (tertiary alicyclic amines) is 1. The van der Waals surface area contributed by atoms with Crippen LogP contribution >= 0.6 is 0 Å². The molecule has 1 aliphatic rings. The highest BCUT2D eigenvalue weighted by molar-refractivity contribution is 5.85. The number of hydrogen-bond acceptors (Lipinski definition) is 2. The zero-order chi connectivity index (χ0) is 16.3. The van der Waals surface area contributed by atoms with E-state index < -0.39 is 17.6 Å². The molecule has 0 bridgehead atoms. The van der Waals surface area contributed by atoms with Crippen LogP contribution in [-0.4, -0.2) is 39.3 Å². The Kier molecular flexibility index (Phi) is 4.49. The third-order valence-corrected chi connectivity index (χ3v) is 4.16. The van der Waals surface area contributed by atoms with E-state index in [1.807, 2.05) is 0 Å². The molecule has 0 saturated carbocycles. The molecule has 0 spiro atoms. The monoisotopic (exact) mass is 307 g/mol. The molecule has 1 atom stereocenters. The molecule has 0 radical (unpaired) electrons. The fourth-order valence-corrected chi connectivity index (χ4v) is 2.83. The minimum Gasteiger partial charge on any atom is -0.479 e. The first-order chi connectivity index (χ1) is 10.4. The lowest BCUT2D eigenvalue weighted by Gasteiger charge is -2.31. The van der Waals surface area contributed by atoms with Crippen molar-refractivity contribution in [2.45, 2.75) is 31.7 Å². The van der Waals surface area contributed by atoms with Gasteiger partial charge < -0.3 is 10.2 Å². The van der Waals surface area contributed by atoms with E-state index in [1.165, 1.54) is 12.1 Å². The molecule has 1 unspecified atom stereocenters. The van der Waals surface area contributed by atoms with Crippen molar-refractivity contribution in [1.82, 2.24) is 4.90 Å². The Morgan fingerprint density at radius 3 is 2.50 bits per heavy atom. The lowest BCUT2D eigenvalue weighted by atomic mass is 9.90. The van der Waals surface area contributed by atoms with Crippen LogP contribution < -0.4 is 0 Å². The number of halogens is 1. The van der Waals surface area contributed by atoms with E-state index >= 15 is 0 Å². The van der Waals surface area contributed by atoms with Crippen LogP contribution in [0.1, 0.15) is 31.7 Å². The van der Waals surface area contributed by atoms with Crippen molar-refractivity contribution in [3.8, 4) is 0 Å². The Bertz CT molecular complexity index is 611. The molecule has 0 aromatic heterocycles. The summed E-state index contributed by atoms with van der Waals surface area (Å²) < 4.78 is 12.9. The molecule has 1 aliphatic heterocycles. The largest absolute Gasteiger partial charge is 0.479 e. The maximum absolute atomic E-state index is 12.9. The molecule has 2 rings (SSSR count). The average Bonchev–Trinajstić information content (AvgIpc) is 2.91. The van der Waals surface area contributed by atoms with Gasteiger partial charge in [0.05, 0.1) is 0 Å². The quantitative estimate of drug-likeness (QED) is 0.895. The summed E-state index contributed by atoms with van der Waals surface area (Å²) in [5.74, 6) is -1.47. The summed E-state index contributed by atoms with van der Waals surface area (Å²) in [6.07, 6.45) is 1.41. The maximum atomic E-state index is 12.9. The molecule has 118 valence electrons. The highest BCUT2D eigenvalue weighted by Crippen LogP contribution is 2.34. The second-order valence-electron chi connectivity index (χ2n) is 5.47. The van der Waals surface area contributed by atoms with Crippen molar-refractivity contribution in [1.29, 1.82) is 0 Å². The van der Waals surface area contributed by atoms with Gasteiger partial charge in [-0.3, -0.25) is 4.90 Å². The third kappa shape index (κ3) is 2.95. The predicted molar refractivity (Wildman–Crippen MR) is 79.0 cm³/mol. The number of aliphatic carboxylic acids is 1. The third-order valence-electron chi connectivity index (χ3n) is 4.16. The van der Waals surface area contributed by atoms with Gasteiger partial charge in [0.2, 0.25) is 0 Å². The van der Waals surface area contributed by atoms with Crippen LogP contribution in [0.15, 0.2) is 30.3 Å². The lowest BCUT2D eigenvalue weighted by Crippen LogP contribution is -2.52. The Morgan fingerprint density at radius 2 is 1.95 bits per heavy atom. The van der Waals surface area contributed by atoms with E-state index in [0.29, 0.717) is 12.8 Å². The van der Waals surface area contributed by atoms with Crippen LogP contribution in [0.25, 0.3) is 5.57 Å². The van der Waals surface area contributed by atoms with Gasteiger partial charge in [-0.25, -0.2) is 14.0 Å². The summed E-state index contributed by atoms with van der Waals surface area (Å²) in [4.78, 5) is 23.9. The van der Waals surface area contributed by atoms with E-state index in [2.05, 4.69) is 0 Å². The maximum Gasteiger partial charge on any atom is 0.408 e. The molecule has 1 saturated heterocycles. The molecule has 1 fully saturated rings. The summed E-state index contributed by atoms with van der Waals surface area (Å²) in [5, 5.41) is 18.7. The van der Waals surface area contributed by atoms with Crippen LogP contribution in [0.4, 0.5) is 9.18 Å². The SMILES string of the molecule is CC(=CCC1(C(=O)O)CCCN1C(=O)O)c1ccc(F)cc1. The standard InChI is InChI=1S/C16H18FNO4/c1-11(12-3-5-13(17)6-4-12)7-9-16(14(19)20)8-2-10-18(16)15(21)22/h3-7H,2,8-10H2,1H3,(H,19,20)(H,21,22). The minimum atomic E-state index is -1.41. The molecule has 2 N–H and O–H groups in total. The number of allylic oxidation sites excluding steroid dienone is 1. The van der Waals surface area contributed by atoms with Gasteiger partial charge in [0.25, 0.3) is 0 Å². The number of carbonyl (C=O) groups is 2. The number of carboxylic acids is 1. The number of amides is 1. The Hall–Kier alpha value is -2.37. The summed E-state index contributed by atoms with van der Waals surface area (Å²) in [6, 6.07) is 5.88. The second kappa shape index (κ2) is 6.17. The van der Waals surface area contributed by atoms with Gasteiger partial charge in [0, 0.05) is 13.0 Å². The summed E-state index contributed by atoms with van der Waals surface area (Å²) in [6.45, 7) is 2.02. The molecule has 1 heterocycles. The number of benzene rings is 1. The van der Waals surface area contributed by atoms with E-state index in [-0.39, 0.29) is 18.8 Å². The minimum absolute atomic E-state index is 0.0951. The van der Waals surface area contributed by atoms with Crippen molar-refractivity contribution >= 4 is 17.6 Å². The van der Waals surface area contributed by atoms with Crippen molar-refractivity contribution in [3.63, 3.8) is 0 Å². The first-order valence-corrected chi connectivity index (χ1v) is 7.03. The first-order valence-electron chi connectivity index (χ1n) is 7.03. The summed E-state index contributed by atoms with van der Waals surface area (Å²) in [5.41, 5.74) is 0.160. The van der Waals surface area contributed by atoms with Gasteiger partial charge in [-0.2, -0.15) is 0 Å². The van der Waals surface area contributed by atoms with Crippen molar-refractivity contribution < 1.29 is 24.2 Å². The van der Waals surface area contributed by atoms with Crippen molar-refractivity contribution in [2.75, 3.05) is 6.54 Å².